The minimum Gasteiger partial charge on any atom is -0.390 e. The van der Waals surface area contributed by atoms with Crippen LogP contribution < -0.4 is 0 Å². The quantitative estimate of drug-likeness (QED) is 0.607. The number of hydrogen-bond acceptors (Lipinski definition) is 6. The minimum atomic E-state index is -2.28. The van der Waals surface area contributed by atoms with Crippen molar-refractivity contribution in [3.05, 3.63) is 23.8 Å². The number of alkyl halides is 3. The summed E-state index contributed by atoms with van der Waals surface area (Å²) in [7, 11) is 0. The normalized spacial score (nSPS) is 49.9. The van der Waals surface area contributed by atoms with Crippen LogP contribution in [0.5, 0.6) is 0 Å². The maximum atomic E-state index is 17.2. The van der Waals surface area contributed by atoms with Gasteiger partial charge in [-0.05, 0) is 64.2 Å². The SMILES string of the molecule is C[C@H]1[C@@H]2C[C@H](F)C3=CC(=O)C=C[C@]3(C)[C@@]2(F)[C@@H](O)C[C@]1(C)[C@]1(C(=O)SCF)OC(C)(C)O[C@@H]1C. The molecule has 0 aromatic rings. The molecular weight excluding hydrogens is 469 g/mol. The third kappa shape index (κ3) is 3.12. The largest absolute Gasteiger partial charge is 0.390 e. The van der Waals surface area contributed by atoms with Crippen LogP contribution in [-0.2, 0) is 19.1 Å². The highest BCUT2D eigenvalue weighted by Crippen LogP contribution is 2.68. The van der Waals surface area contributed by atoms with Gasteiger partial charge in [-0.25, -0.2) is 13.2 Å². The minimum absolute atomic E-state index is 0.0299. The summed E-state index contributed by atoms with van der Waals surface area (Å²) in [6, 6.07) is -0.974. The molecule has 9 atom stereocenters. The van der Waals surface area contributed by atoms with Crippen LogP contribution in [0, 0.1) is 22.7 Å². The van der Waals surface area contributed by atoms with Crippen molar-refractivity contribution in [1.82, 2.24) is 0 Å². The molecule has 0 radical (unpaired) electrons. The second-order valence-corrected chi connectivity index (χ2v) is 12.0. The van der Waals surface area contributed by atoms with E-state index in [9.17, 15) is 19.1 Å². The monoisotopic (exact) mass is 502 g/mol. The molecule has 1 aliphatic heterocycles. The molecule has 1 heterocycles. The zero-order valence-electron chi connectivity index (χ0n) is 20.4. The number of allylic oxidation sites excluding steroid dienone is 4. The van der Waals surface area contributed by atoms with Crippen LogP contribution in [0.1, 0.15) is 54.4 Å². The van der Waals surface area contributed by atoms with Crippen LogP contribution in [0.25, 0.3) is 0 Å². The lowest BCUT2D eigenvalue weighted by molar-refractivity contribution is -0.250. The Balaban J connectivity index is 1.87. The number of hydrogen-bond donors (Lipinski definition) is 1. The zero-order valence-corrected chi connectivity index (χ0v) is 21.2. The number of fused-ring (bicyclic) bond motifs is 3. The van der Waals surface area contributed by atoms with Gasteiger partial charge in [0, 0.05) is 16.7 Å². The molecule has 0 spiro atoms. The van der Waals surface area contributed by atoms with Gasteiger partial charge < -0.3 is 14.6 Å². The first-order valence-electron chi connectivity index (χ1n) is 11.7. The van der Waals surface area contributed by atoms with Crippen LogP contribution in [0.3, 0.4) is 0 Å². The highest BCUT2D eigenvalue weighted by atomic mass is 32.2. The van der Waals surface area contributed by atoms with Crippen molar-refractivity contribution in [2.24, 2.45) is 22.7 Å². The topological polar surface area (TPSA) is 72.8 Å². The molecule has 0 bridgehead atoms. The number of carbonyl (C=O) groups excluding carboxylic acids is 2. The lowest BCUT2D eigenvalue weighted by atomic mass is 9.43. The molecule has 5 nitrogen and oxygen atoms in total. The van der Waals surface area contributed by atoms with Crippen molar-refractivity contribution >= 4 is 22.7 Å². The molecule has 34 heavy (non-hydrogen) atoms. The maximum Gasteiger partial charge on any atom is 0.226 e. The van der Waals surface area contributed by atoms with Crippen molar-refractivity contribution in [3.63, 3.8) is 0 Å². The Morgan fingerprint density at radius 1 is 1.26 bits per heavy atom. The van der Waals surface area contributed by atoms with Gasteiger partial charge in [-0.15, -0.1) is 0 Å². The number of aliphatic hydroxyl groups is 1. The van der Waals surface area contributed by atoms with Gasteiger partial charge in [-0.2, -0.15) is 0 Å². The molecule has 0 unspecified atom stereocenters. The predicted octanol–water partition coefficient (Wildman–Crippen LogP) is 4.63. The standard InChI is InChI=1S/C25H33F3O5S/c1-13-16-10-18(27)17-9-15(29)7-8-22(17,5)24(16,28)19(30)11-23(13,6)25(20(31)34-12-26)14(2)32-21(3,4)33-25/h7-9,13-14,16,18-19,30H,10-12H2,1-6H3/t13-,14+,16-,18-,19-,22-,23-,24-,25-/m0/s1. The summed E-state index contributed by atoms with van der Waals surface area (Å²) in [6.07, 6.45) is -0.742. The number of carbonyl (C=O) groups is 2. The lowest BCUT2D eigenvalue weighted by Gasteiger charge is -2.64. The number of ether oxygens (including phenoxy) is 2. The highest BCUT2D eigenvalue weighted by molar-refractivity contribution is 8.13. The molecule has 3 fully saturated rings. The van der Waals surface area contributed by atoms with Gasteiger partial charge in [-0.3, -0.25) is 9.59 Å². The smallest absolute Gasteiger partial charge is 0.226 e. The summed E-state index contributed by atoms with van der Waals surface area (Å²) in [5.41, 5.74) is -6.67. The van der Waals surface area contributed by atoms with Gasteiger partial charge >= 0.3 is 0 Å². The van der Waals surface area contributed by atoms with Crippen molar-refractivity contribution in [3.8, 4) is 0 Å². The summed E-state index contributed by atoms with van der Waals surface area (Å²) in [5.74, 6) is -3.25. The summed E-state index contributed by atoms with van der Waals surface area (Å²) in [4.78, 5) is 25.4. The van der Waals surface area contributed by atoms with Gasteiger partial charge in [-0.1, -0.05) is 31.7 Å². The number of halogens is 3. The van der Waals surface area contributed by atoms with Gasteiger partial charge in [0.1, 0.15) is 12.2 Å². The van der Waals surface area contributed by atoms with E-state index in [1.165, 1.54) is 19.1 Å². The maximum absolute atomic E-state index is 17.2. The second kappa shape index (κ2) is 7.92. The first kappa shape index (κ1) is 25.9. The Morgan fingerprint density at radius 3 is 2.47 bits per heavy atom. The van der Waals surface area contributed by atoms with Crippen molar-refractivity contribution in [1.29, 1.82) is 0 Å². The van der Waals surface area contributed by atoms with Gasteiger partial charge in [0.05, 0.1) is 12.2 Å². The van der Waals surface area contributed by atoms with Crippen LogP contribution in [-0.4, -0.2) is 57.4 Å². The number of rotatable bonds is 3. The van der Waals surface area contributed by atoms with E-state index >= 15 is 8.78 Å². The molecule has 190 valence electrons. The Morgan fingerprint density at radius 2 is 1.91 bits per heavy atom. The Hall–Kier alpha value is -1.16. The first-order chi connectivity index (χ1) is 15.6. The van der Waals surface area contributed by atoms with Crippen LogP contribution >= 0.6 is 11.8 Å². The lowest BCUT2D eigenvalue weighted by Crippen LogP contribution is -2.73. The van der Waals surface area contributed by atoms with Crippen LogP contribution in [0.15, 0.2) is 23.8 Å². The fraction of sp³-hybridized carbons (Fsp3) is 0.760. The van der Waals surface area contributed by atoms with Gasteiger partial charge in [0.2, 0.25) is 5.12 Å². The molecule has 2 saturated carbocycles. The molecular formula is C25H33F3O5S. The first-order valence-corrected chi connectivity index (χ1v) is 12.7. The second-order valence-electron chi connectivity index (χ2n) is 11.1. The van der Waals surface area contributed by atoms with E-state index in [2.05, 4.69) is 0 Å². The van der Waals surface area contributed by atoms with Crippen LogP contribution in [0.4, 0.5) is 13.2 Å². The van der Waals surface area contributed by atoms with E-state index in [1.807, 2.05) is 0 Å². The summed E-state index contributed by atoms with van der Waals surface area (Å²) in [5, 5.41) is 10.9. The molecule has 0 aromatic heterocycles. The fourth-order valence-electron chi connectivity index (χ4n) is 7.38. The van der Waals surface area contributed by atoms with Gasteiger partial charge in [0.25, 0.3) is 0 Å². The summed E-state index contributed by atoms with van der Waals surface area (Å²) >= 11 is 0.456. The number of ketones is 1. The van der Waals surface area contributed by atoms with E-state index in [0.29, 0.717) is 11.8 Å². The average molecular weight is 503 g/mol. The average Bonchev–Trinajstić information content (AvgIpc) is 3.00. The molecule has 3 aliphatic carbocycles. The Bertz CT molecular complexity index is 968. The molecule has 4 aliphatic rings. The van der Waals surface area contributed by atoms with E-state index < -0.39 is 75.0 Å². The summed E-state index contributed by atoms with van der Waals surface area (Å²) < 4.78 is 58.2. The molecule has 1 N–H and O–H groups in total. The molecule has 9 heteroatoms. The van der Waals surface area contributed by atoms with Crippen molar-refractivity contribution in [2.75, 3.05) is 6.01 Å². The molecule has 0 amide bonds. The van der Waals surface area contributed by atoms with Crippen molar-refractivity contribution < 1.29 is 37.3 Å². The van der Waals surface area contributed by atoms with Crippen molar-refractivity contribution in [2.45, 2.75) is 89.8 Å². The highest BCUT2D eigenvalue weighted by Gasteiger charge is 2.76. The third-order valence-corrected chi connectivity index (χ3v) is 9.77. The Labute approximate surface area is 202 Å². The Kier molecular flexibility index (Phi) is 6.04. The van der Waals surface area contributed by atoms with E-state index in [0.717, 1.165) is 6.08 Å². The third-order valence-electron chi connectivity index (χ3n) is 9.10. The number of aliphatic hydroxyl groups excluding tert-OH is 1. The van der Waals surface area contributed by atoms with E-state index in [-0.39, 0.29) is 18.4 Å². The molecule has 1 saturated heterocycles. The predicted molar refractivity (Wildman–Crippen MR) is 122 cm³/mol. The van der Waals surface area contributed by atoms with Gasteiger partial charge in [0.15, 0.2) is 22.8 Å². The van der Waals surface area contributed by atoms with E-state index in [1.54, 1.807) is 34.6 Å². The zero-order chi connectivity index (χ0) is 25.5. The fourth-order valence-corrected chi connectivity index (χ4v) is 8.13. The van der Waals surface area contributed by atoms with Crippen LogP contribution in [0.2, 0.25) is 0 Å². The summed E-state index contributed by atoms with van der Waals surface area (Å²) in [6.45, 7) is 9.92. The number of thioether (sulfide) groups is 1. The molecule has 0 aromatic carbocycles. The molecule has 4 rings (SSSR count). The van der Waals surface area contributed by atoms with E-state index in [4.69, 9.17) is 9.47 Å².